The summed E-state index contributed by atoms with van der Waals surface area (Å²) >= 11 is 3.48. The van der Waals surface area contributed by atoms with Crippen molar-refractivity contribution >= 4 is 21.9 Å². The number of carbonyl (C=O) groups excluding carboxylic acids is 1. The highest BCUT2D eigenvalue weighted by molar-refractivity contribution is 9.10. The summed E-state index contributed by atoms with van der Waals surface area (Å²) in [6.45, 7) is 4.53. The number of methoxy groups -OCH3 is 1. The van der Waals surface area contributed by atoms with Crippen molar-refractivity contribution in [1.29, 1.82) is 0 Å². The number of carbonyl (C=O) groups is 1. The van der Waals surface area contributed by atoms with Crippen LogP contribution in [0.3, 0.4) is 0 Å². The van der Waals surface area contributed by atoms with Gasteiger partial charge in [-0.05, 0) is 49.2 Å². The molecule has 0 radical (unpaired) electrons. The third-order valence-electron chi connectivity index (χ3n) is 5.67. The molecular weight excluding hydrogens is 512 g/mol. The molecule has 2 atom stereocenters. The molecule has 0 spiro atoms. The highest BCUT2D eigenvalue weighted by Gasteiger charge is 2.40. The Kier molecular flexibility index (Phi) is 6.73. The van der Waals surface area contributed by atoms with Gasteiger partial charge in [0.2, 0.25) is 5.82 Å². The van der Waals surface area contributed by atoms with Crippen molar-refractivity contribution < 1.29 is 27.8 Å². The van der Waals surface area contributed by atoms with Crippen molar-refractivity contribution in [2.24, 2.45) is 0 Å². The number of benzene rings is 2. The first-order valence-electron chi connectivity index (χ1n) is 10.7. The van der Waals surface area contributed by atoms with Gasteiger partial charge in [0, 0.05) is 17.0 Å². The van der Waals surface area contributed by atoms with Gasteiger partial charge in [0.15, 0.2) is 5.82 Å². The van der Waals surface area contributed by atoms with Crippen LogP contribution >= 0.6 is 15.9 Å². The first-order valence-corrected chi connectivity index (χ1v) is 11.5. The van der Waals surface area contributed by atoms with Gasteiger partial charge in [0.25, 0.3) is 0 Å². The molecular formula is C24H24BrF2N3O4. The fourth-order valence-corrected chi connectivity index (χ4v) is 4.53. The number of nitrogens with zero attached hydrogens (tertiary/aromatic N) is 3. The number of hydrogen-bond acceptors (Lipinski definition) is 6. The molecule has 180 valence electrons. The molecule has 0 N–H and O–H groups in total. The van der Waals surface area contributed by atoms with Gasteiger partial charge in [-0.15, -0.1) is 10.2 Å². The molecule has 0 unspecified atom stereocenters. The van der Waals surface area contributed by atoms with Crippen LogP contribution in [0.5, 0.6) is 5.75 Å². The van der Waals surface area contributed by atoms with E-state index >= 15 is 0 Å². The predicted molar refractivity (Wildman–Crippen MR) is 123 cm³/mol. The lowest BCUT2D eigenvalue weighted by atomic mass is 9.95. The average molecular weight is 536 g/mol. The van der Waals surface area contributed by atoms with E-state index in [9.17, 15) is 13.6 Å². The molecule has 0 amide bonds. The Labute approximate surface area is 204 Å². The summed E-state index contributed by atoms with van der Waals surface area (Å²) in [5.74, 6) is -3.58. The zero-order chi connectivity index (χ0) is 24.6. The van der Waals surface area contributed by atoms with Gasteiger partial charge in [-0.25, -0.2) is 0 Å². The molecule has 0 bridgehead atoms. The van der Waals surface area contributed by atoms with Gasteiger partial charge >= 0.3 is 11.9 Å². The van der Waals surface area contributed by atoms with E-state index in [-0.39, 0.29) is 18.9 Å². The lowest BCUT2D eigenvalue weighted by Crippen LogP contribution is -2.19. The van der Waals surface area contributed by atoms with Gasteiger partial charge in [-0.3, -0.25) is 9.36 Å². The maximum atomic E-state index is 14.6. The Morgan fingerprint density at radius 2 is 2.00 bits per heavy atom. The molecule has 0 fully saturated rings. The second kappa shape index (κ2) is 9.42. The van der Waals surface area contributed by atoms with Crippen molar-refractivity contribution in [3.8, 4) is 11.4 Å². The lowest BCUT2D eigenvalue weighted by Gasteiger charge is -2.24. The number of aromatic nitrogens is 3. The SMILES string of the molecule is CCOC(=O)C[C@H]1O[C@@H](c2cccc(OC)c2C)c2cc(Br)ccc2-n2c1nnc2C(C)(F)F. The molecule has 1 aromatic heterocycles. The minimum absolute atomic E-state index is 0.108. The van der Waals surface area contributed by atoms with Gasteiger partial charge in [0.1, 0.15) is 18.0 Å². The first-order chi connectivity index (χ1) is 16.2. The second-order valence-electron chi connectivity index (χ2n) is 8.00. The molecule has 0 saturated carbocycles. The van der Waals surface area contributed by atoms with E-state index in [2.05, 4.69) is 26.1 Å². The van der Waals surface area contributed by atoms with Gasteiger partial charge in [0.05, 0.1) is 25.8 Å². The van der Waals surface area contributed by atoms with E-state index < -0.39 is 29.9 Å². The number of ether oxygens (including phenoxy) is 3. The summed E-state index contributed by atoms with van der Waals surface area (Å²) in [7, 11) is 1.57. The van der Waals surface area contributed by atoms with Crippen molar-refractivity contribution in [1.82, 2.24) is 14.8 Å². The van der Waals surface area contributed by atoms with Gasteiger partial charge in [-0.2, -0.15) is 8.78 Å². The number of fused-ring (bicyclic) bond motifs is 3. The third kappa shape index (κ3) is 4.44. The average Bonchev–Trinajstić information content (AvgIpc) is 3.18. The van der Waals surface area contributed by atoms with E-state index in [1.54, 1.807) is 26.2 Å². The van der Waals surface area contributed by atoms with E-state index in [1.165, 1.54) is 4.57 Å². The molecule has 2 heterocycles. The molecule has 10 heteroatoms. The Hall–Kier alpha value is -2.85. The highest BCUT2D eigenvalue weighted by atomic mass is 79.9. The largest absolute Gasteiger partial charge is 0.496 e. The molecule has 0 aliphatic carbocycles. The normalized spacial score (nSPS) is 17.5. The number of alkyl halides is 2. The van der Waals surface area contributed by atoms with Crippen LogP contribution in [0.2, 0.25) is 0 Å². The van der Waals surface area contributed by atoms with Gasteiger partial charge < -0.3 is 14.2 Å². The molecule has 4 rings (SSSR count). The van der Waals surface area contributed by atoms with Crippen molar-refractivity contribution in [3.05, 3.63) is 69.2 Å². The summed E-state index contributed by atoms with van der Waals surface area (Å²) in [6.07, 6.45) is -1.90. The summed E-state index contributed by atoms with van der Waals surface area (Å²) in [5.41, 5.74) is 2.66. The van der Waals surface area contributed by atoms with E-state index in [0.717, 1.165) is 22.5 Å². The number of esters is 1. The third-order valence-corrected chi connectivity index (χ3v) is 6.16. The summed E-state index contributed by atoms with van der Waals surface area (Å²) in [6, 6.07) is 10.8. The molecule has 0 saturated heterocycles. The van der Waals surface area contributed by atoms with E-state index in [0.29, 0.717) is 17.0 Å². The zero-order valence-electron chi connectivity index (χ0n) is 19.1. The Morgan fingerprint density at radius 3 is 2.68 bits per heavy atom. The predicted octanol–water partition coefficient (Wildman–Crippen LogP) is 5.57. The number of hydrogen-bond donors (Lipinski definition) is 0. The maximum Gasteiger partial charge on any atom is 0.308 e. The van der Waals surface area contributed by atoms with Crippen molar-refractivity contribution in [3.63, 3.8) is 0 Å². The minimum Gasteiger partial charge on any atom is -0.496 e. The van der Waals surface area contributed by atoms with Crippen LogP contribution in [0.15, 0.2) is 40.9 Å². The van der Waals surface area contributed by atoms with Crippen LogP contribution in [0.25, 0.3) is 5.69 Å². The van der Waals surface area contributed by atoms with Crippen LogP contribution in [0.4, 0.5) is 8.78 Å². The van der Waals surface area contributed by atoms with Crippen LogP contribution in [-0.4, -0.2) is 34.5 Å². The Morgan fingerprint density at radius 1 is 1.24 bits per heavy atom. The molecule has 3 aromatic rings. The summed E-state index contributed by atoms with van der Waals surface area (Å²) < 4.78 is 48.3. The van der Waals surface area contributed by atoms with Crippen LogP contribution < -0.4 is 4.74 Å². The Balaban J connectivity index is 1.98. The molecule has 2 aromatic carbocycles. The standard InChI is InChI=1S/C24H24BrF2N3O4/c1-5-33-20(31)12-19-22-28-29-23(24(3,26)27)30(22)17-10-9-14(25)11-16(17)21(34-19)15-7-6-8-18(32-4)13(15)2/h6-11,19,21H,5,12H2,1-4H3/t19-,21+/m1/s1. The second-order valence-corrected chi connectivity index (χ2v) is 8.91. The quantitative estimate of drug-likeness (QED) is 0.384. The Bertz CT molecular complexity index is 1230. The van der Waals surface area contributed by atoms with E-state index in [4.69, 9.17) is 14.2 Å². The minimum atomic E-state index is -3.28. The maximum absolute atomic E-state index is 14.6. The number of halogens is 3. The molecule has 1 aliphatic rings. The van der Waals surface area contributed by atoms with Crippen LogP contribution in [-0.2, 0) is 20.2 Å². The van der Waals surface area contributed by atoms with Crippen molar-refractivity contribution in [2.75, 3.05) is 13.7 Å². The molecule has 7 nitrogen and oxygen atoms in total. The van der Waals surface area contributed by atoms with Gasteiger partial charge in [-0.1, -0.05) is 28.1 Å². The fourth-order valence-electron chi connectivity index (χ4n) is 4.15. The summed E-state index contributed by atoms with van der Waals surface area (Å²) in [5, 5.41) is 7.82. The van der Waals surface area contributed by atoms with E-state index in [1.807, 2.05) is 31.2 Å². The van der Waals surface area contributed by atoms with Crippen molar-refractivity contribution in [2.45, 2.75) is 45.3 Å². The monoisotopic (exact) mass is 535 g/mol. The summed E-state index contributed by atoms with van der Waals surface area (Å²) in [4.78, 5) is 12.4. The fraction of sp³-hybridized carbons (Fsp3) is 0.375. The highest BCUT2D eigenvalue weighted by Crippen LogP contribution is 2.45. The number of rotatable bonds is 6. The van der Waals surface area contributed by atoms with Crippen LogP contribution in [0.1, 0.15) is 60.8 Å². The smallest absolute Gasteiger partial charge is 0.308 e. The lowest BCUT2D eigenvalue weighted by molar-refractivity contribution is -0.147. The zero-order valence-corrected chi connectivity index (χ0v) is 20.7. The first kappa shape index (κ1) is 24.3. The molecule has 1 aliphatic heterocycles. The molecule has 34 heavy (non-hydrogen) atoms. The topological polar surface area (TPSA) is 75.5 Å². The van der Waals surface area contributed by atoms with Crippen LogP contribution in [0, 0.1) is 6.92 Å².